The Labute approximate surface area is 140 Å². The Bertz CT molecular complexity index is 740. The first-order valence-corrected chi connectivity index (χ1v) is 8.34. The predicted molar refractivity (Wildman–Crippen MR) is 91.1 cm³/mol. The van der Waals surface area contributed by atoms with Crippen LogP contribution in [0.3, 0.4) is 0 Å². The van der Waals surface area contributed by atoms with Crippen LogP contribution in [0.15, 0.2) is 18.2 Å². The molecule has 1 aliphatic heterocycles. The van der Waals surface area contributed by atoms with Gasteiger partial charge < -0.3 is 25.3 Å². The van der Waals surface area contributed by atoms with Gasteiger partial charge in [-0.2, -0.15) is 0 Å². The highest BCUT2D eigenvalue weighted by atomic mass is 16.5. The lowest BCUT2D eigenvalue weighted by atomic mass is 9.96. The van der Waals surface area contributed by atoms with Crippen molar-refractivity contribution in [3.8, 4) is 0 Å². The zero-order chi connectivity index (χ0) is 17.3. The maximum Gasteiger partial charge on any atom is 0.251 e. The van der Waals surface area contributed by atoms with Crippen LogP contribution in [0.1, 0.15) is 28.5 Å². The zero-order valence-corrected chi connectivity index (χ0v) is 14.0. The van der Waals surface area contributed by atoms with Crippen molar-refractivity contribution in [3.05, 3.63) is 35.0 Å². The third-order valence-electron chi connectivity index (χ3n) is 4.76. The summed E-state index contributed by atoms with van der Waals surface area (Å²) in [5, 5.41) is 23.5. The van der Waals surface area contributed by atoms with E-state index in [2.05, 4.69) is 17.2 Å². The third kappa shape index (κ3) is 3.17. The molecule has 6 heteroatoms. The zero-order valence-electron chi connectivity index (χ0n) is 14.0. The fourth-order valence-electron chi connectivity index (χ4n) is 3.34. The Kier molecular flexibility index (Phi) is 4.89. The van der Waals surface area contributed by atoms with E-state index in [-0.39, 0.29) is 25.0 Å². The van der Waals surface area contributed by atoms with Crippen molar-refractivity contribution < 1.29 is 19.7 Å². The Morgan fingerprint density at radius 2 is 2.17 bits per heavy atom. The first-order chi connectivity index (χ1) is 11.5. The molecule has 4 N–H and O–H groups in total. The van der Waals surface area contributed by atoms with Crippen LogP contribution in [0, 0.1) is 12.8 Å². The number of hydrogen-bond donors (Lipinski definition) is 4. The van der Waals surface area contributed by atoms with Gasteiger partial charge in [0.05, 0.1) is 19.3 Å². The molecular weight excluding hydrogens is 308 g/mol. The van der Waals surface area contributed by atoms with Gasteiger partial charge >= 0.3 is 0 Å². The van der Waals surface area contributed by atoms with E-state index in [9.17, 15) is 15.0 Å². The molecule has 1 aliphatic rings. The number of ether oxygens (including phenoxy) is 1. The number of carbonyl (C=O) groups is 1. The van der Waals surface area contributed by atoms with Gasteiger partial charge in [-0.1, -0.05) is 6.92 Å². The van der Waals surface area contributed by atoms with Crippen molar-refractivity contribution in [2.75, 3.05) is 19.8 Å². The lowest BCUT2D eigenvalue weighted by molar-refractivity contribution is -0.118. The highest BCUT2D eigenvalue weighted by Crippen LogP contribution is 2.24. The number of aryl methyl sites for hydroxylation is 2. The topological polar surface area (TPSA) is 94.6 Å². The number of benzene rings is 1. The van der Waals surface area contributed by atoms with Crippen LogP contribution in [0.2, 0.25) is 0 Å². The molecule has 6 nitrogen and oxygen atoms in total. The second-order valence-electron chi connectivity index (χ2n) is 6.41. The van der Waals surface area contributed by atoms with Crippen LogP contribution >= 0.6 is 0 Å². The van der Waals surface area contributed by atoms with Gasteiger partial charge in [-0.3, -0.25) is 4.79 Å². The normalized spacial score (nSPS) is 24.2. The molecule has 1 aromatic heterocycles. The average Bonchev–Trinajstić information content (AvgIpc) is 2.90. The lowest BCUT2D eigenvalue weighted by Crippen LogP contribution is -2.48. The molecule has 0 unspecified atom stereocenters. The number of aromatic nitrogens is 1. The van der Waals surface area contributed by atoms with Crippen LogP contribution < -0.4 is 5.32 Å². The summed E-state index contributed by atoms with van der Waals surface area (Å²) in [6.07, 6.45) is -0.868. The molecule has 24 heavy (non-hydrogen) atoms. The van der Waals surface area contributed by atoms with Crippen LogP contribution in [0.5, 0.6) is 0 Å². The highest BCUT2D eigenvalue weighted by molar-refractivity contribution is 5.99. The Balaban J connectivity index is 1.72. The summed E-state index contributed by atoms with van der Waals surface area (Å²) in [5.74, 6) is -0.493. The molecule has 2 heterocycles. The summed E-state index contributed by atoms with van der Waals surface area (Å²) < 4.78 is 5.23. The molecule has 1 fully saturated rings. The Hall–Kier alpha value is -1.89. The quantitative estimate of drug-likeness (QED) is 0.675. The number of aliphatic hydroxyl groups excluding tert-OH is 2. The van der Waals surface area contributed by atoms with Gasteiger partial charge in [0.25, 0.3) is 5.91 Å². The summed E-state index contributed by atoms with van der Waals surface area (Å²) in [6, 6.07) is 5.60. The SMILES string of the molecule is CCc1c(C)[nH]c2ccc(C(=O)NC[C@@H]3COC[C@@H](O)[C@H]3O)cc12. The van der Waals surface area contributed by atoms with E-state index in [4.69, 9.17) is 4.74 Å². The largest absolute Gasteiger partial charge is 0.390 e. The Morgan fingerprint density at radius 3 is 2.92 bits per heavy atom. The van der Waals surface area contributed by atoms with Gasteiger partial charge in [0.2, 0.25) is 0 Å². The summed E-state index contributed by atoms with van der Waals surface area (Å²) in [4.78, 5) is 15.7. The molecule has 1 aromatic carbocycles. The molecule has 3 atom stereocenters. The van der Waals surface area contributed by atoms with E-state index < -0.39 is 12.2 Å². The summed E-state index contributed by atoms with van der Waals surface area (Å²) in [6.45, 7) is 4.86. The van der Waals surface area contributed by atoms with Gasteiger partial charge in [0.1, 0.15) is 6.10 Å². The van der Waals surface area contributed by atoms with E-state index in [0.717, 1.165) is 23.0 Å². The van der Waals surface area contributed by atoms with Crippen molar-refractivity contribution in [1.82, 2.24) is 10.3 Å². The van der Waals surface area contributed by atoms with Gasteiger partial charge in [-0.15, -0.1) is 0 Å². The number of H-pyrrole nitrogens is 1. The smallest absolute Gasteiger partial charge is 0.251 e. The number of fused-ring (bicyclic) bond motifs is 1. The van der Waals surface area contributed by atoms with Crippen molar-refractivity contribution in [3.63, 3.8) is 0 Å². The van der Waals surface area contributed by atoms with Gasteiger partial charge in [-0.25, -0.2) is 0 Å². The van der Waals surface area contributed by atoms with Gasteiger partial charge in [-0.05, 0) is 37.1 Å². The summed E-state index contributed by atoms with van der Waals surface area (Å²) in [5.41, 5.74) is 3.96. The van der Waals surface area contributed by atoms with E-state index in [1.54, 1.807) is 6.07 Å². The average molecular weight is 332 g/mol. The Morgan fingerprint density at radius 1 is 1.38 bits per heavy atom. The molecule has 0 saturated carbocycles. The lowest BCUT2D eigenvalue weighted by Gasteiger charge is -2.31. The van der Waals surface area contributed by atoms with Crippen molar-refractivity contribution in [2.45, 2.75) is 32.5 Å². The molecule has 0 bridgehead atoms. The molecule has 1 saturated heterocycles. The minimum atomic E-state index is -0.896. The first kappa shape index (κ1) is 17.0. The van der Waals surface area contributed by atoms with Crippen molar-refractivity contribution >= 4 is 16.8 Å². The maximum absolute atomic E-state index is 12.4. The minimum absolute atomic E-state index is 0.134. The van der Waals surface area contributed by atoms with E-state index in [1.807, 2.05) is 19.1 Å². The third-order valence-corrected chi connectivity index (χ3v) is 4.76. The highest BCUT2D eigenvalue weighted by Gasteiger charge is 2.31. The number of amides is 1. The van der Waals surface area contributed by atoms with Gasteiger partial charge in [0, 0.05) is 34.6 Å². The van der Waals surface area contributed by atoms with E-state index >= 15 is 0 Å². The fraction of sp³-hybridized carbons (Fsp3) is 0.500. The van der Waals surface area contributed by atoms with E-state index in [0.29, 0.717) is 12.2 Å². The standard InChI is InChI=1S/C18H24N2O4/c1-3-13-10(2)20-15-5-4-11(6-14(13)15)18(23)19-7-12-8-24-9-16(21)17(12)22/h4-6,12,16-17,20-22H,3,7-9H2,1-2H3,(H,19,23)/t12-,16-,17+/m1/s1. The minimum Gasteiger partial charge on any atom is -0.390 e. The van der Waals surface area contributed by atoms with Crippen molar-refractivity contribution in [1.29, 1.82) is 0 Å². The molecule has 3 rings (SSSR count). The van der Waals surface area contributed by atoms with Gasteiger partial charge in [0.15, 0.2) is 0 Å². The molecule has 130 valence electrons. The number of aliphatic hydroxyl groups is 2. The number of carbonyl (C=O) groups excluding carboxylic acids is 1. The maximum atomic E-state index is 12.4. The molecule has 0 aliphatic carbocycles. The predicted octanol–water partition coefficient (Wildman–Crippen LogP) is 1.14. The van der Waals surface area contributed by atoms with Crippen molar-refractivity contribution in [2.24, 2.45) is 5.92 Å². The second-order valence-corrected chi connectivity index (χ2v) is 6.41. The van der Waals surface area contributed by atoms with Crippen LogP contribution in [-0.4, -0.2) is 53.1 Å². The van der Waals surface area contributed by atoms with Crippen LogP contribution in [-0.2, 0) is 11.2 Å². The van der Waals surface area contributed by atoms with Crippen LogP contribution in [0.25, 0.3) is 10.9 Å². The first-order valence-electron chi connectivity index (χ1n) is 8.34. The fourth-order valence-corrected chi connectivity index (χ4v) is 3.34. The number of aromatic amines is 1. The summed E-state index contributed by atoms with van der Waals surface area (Å²) >= 11 is 0. The number of rotatable bonds is 4. The second kappa shape index (κ2) is 6.93. The molecular formula is C18H24N2O4. The molecule has 2 aromatic rings. The number of hydrogen-bond acceptors (Lipinski definition) is 4. The molecule has 0 spiro atoms. The number of nitrogens with one attached hydrogen (secondary N) is 2. The monoisotopic (exact) mass is 332 g/mol. The molecule has 1 amide bonds. The molecule has 0 radical (unpaired) electrons. The summed E-state index contributed by atoms with van der Waals surface area (Å²) in [7, 11) is 0. The van der Waals surface area contributed by atoms with E-state index in [1.165, 1.54) is 5.56 Å². The van der Waals surface area contributed by atoms with Crippen LogP contribution in [0.4, 0.5) is 0 Å².